The zero-order valence-electron chi connectivity index (χ0n) is 40.5. The standard InChI is InChI=1S/C42H42N2S5.C12H8N2O4.2CNS.Ru/c1-4-5-6-7-8-9-29(3)34-14-15-37(46-34)38-18-19-41(48-38)42-21-20-40(49-42)39-17-16-36(47-39)35-13-12-31(45-35)11-10-30-23-25-44-33(27-30)32-26-28(2)22-24-43-32;15-11(16)7-1-3-13-9(5-7)10-6-8(12(17)18)2-4-14-10;2*2-1-3;/h12-27,29H,4-11H2,1-3H3;1-6H,(H,15,16)(H,17,18);;;/q;;2*-1;+2. The molecule has 378 valence electrons. The topological polar surface area (TPSA) is 171 Å². The van der Waals surface area contributed by atoms with Crippen LogP contribution in [0.5, 0.6) is 0 Å². The Hall–Kier alpha value is -5.74. The number of unbranched alkanes of at least 4 members (excludes halogenated alkanes) is 4. The fourth-order valence-corrected chi connectivity index (χ4v) is 13.0. The van der Waals surface area contributed by atoms with Crippen molar-refractivity contribution in [2.75, 3.05) is 0 Å². The van der Waals surface area contributed by atoms with Crippen molar-refractivity contribution in [3.05, 3.63) is 177 Å². The Bertz CT molecular complexity index is 3240. The monoisotopic (exact) mass is 1200 g/mol. The van der Waals surface area contributed by atoms with Gasteiger partial charge in [-0.2, -0.15) is 10.3 Å². The van der Waals surface area contributed by atoms with E-state index >= 15 is 0 Å². The summed E-state index contributed by atoms with van der Waals surface area (Å²) in [4.78, 5) is 52.5. The van der Waals surface area contributed by atoms with Crippen molar-refractivity contribution in [2.45, 2.75) is 78.1 Å². The number of pyridine rings is 4. The molecule has 2 N–H and O–H groups in total. The maximum Gasteiger partial charge on any atom is 2.00 e. The summed E-state index contributed by atoms with van der Waals surface area (Å²) in [7, 11) is 0. The van der Waals surface area contributed by atoms with E-state index in [-0.39, 0.29) is 30.6 Å². The number of isothiocyanates is 2. The number of aromatic nitrogens is 4. The molecule has 0 aliphatic rings. The molecular formula is C56H50N6O4RuS7. The van der Waals surface area contributed by atoms with Crippen LogP contribution in [0.1, 0.15) is 99.9 Å². The van der Waals surface area contributed by atoms with Gasteiger partial charge >= 0.3 is 31.4 Å². The molecule has 0 saturated heterocycles. The van der Waals surface area contributed by atoms with Crippen LogP contribution in [0, 0.1) is 6.92 Å². The van der Waals surface area contributed by atoms with E-state index in [1.54, 1.807) is 0 Å². The fourth-order valence-electron chi connectivity index (χ4n) is 7.52. The van der Waals surface area contributed by atoms with Crippen molar-refractivity contribution < 1.29 is 39.3 Å². The van der Waals surface area contributed by atoms with Crippen LogP contribution in [0.25, 0.3) is 72.6 Å². The van der Waals surface area contributed by atoms with Crippen molar-refractivity contribution in [2.24, 2.45) is 0 Å². The first-order valence-corrected chi connectivity index (χ1v) is 28.1. The first-order valence-electron chi connectivity index (χ1n) is 23.2. The van der Waals surface area contributed by atoms with Gasteiger partial charge in [0.05, 0.1) is 33.9 Å². The Morgan fingerprint density at radius 1 is 0.541 bits per heavy atom. The Morgan fingerprint density at radius 2 is 0.946 bits per heavy atom. The molecule has 1 atom stereocenters. The predicted molar refractivity (Wildman–Crippen MR) is 312 cm³/mol. The van der Waals surface area contributed by atoms with Gasteiger partial charge in [0.15, 0.2) is 0 Å². The van der Waals surface area contributed by atoms with Crippen LogP contribution in [0.15, 0.2) is 134 Å². The fraction of sp³-hybridized carbons (Fsp3) is 0.214. The molecule has 9 aromatic heterocycles. The molecule has 0 aliphatic carbocycles. The number of hydrogen-bond acceptors (Lipinski definition) is 13. The van der Waals surface area contributed by atoms with Crippen LogP contribution in [-0.4, -0.2) is 52.4 Å². The van der Waals surface area contributed by atoms with Gasteiger partial charge in [-0.25, -0.2) is 9.59 Å². The van der Waals surface area contributed by atoms with E-state index < -0.39 is 11.9 Å². The maximum atomic E-state index is 10.8. The van der Waals surface area contributed by atoms with Crippen LogP contribution in [-0.2, 0) is 32.3 Å². The smallest absolute Gasteiger partial charge is 0.753 e. The summed E-state index contributed by atoms with van der Waals surface area (Å²) >= 11 is 17.0. The quantitative estimate of drug-likeness (QED) is 0.0365. The molecule has 1 unspecified atom stereocenters. The SMILES string of the molecule is CCCCCCCC(C)c1ccc(-c2ccc(-c3ccc(-c4ccc(-c5ccc(CCc6ccnc(-c7cc(C)ccn7)c6)s5)s4)s3)s2)s1.O=C(O)c1ccnc(-c2cc(C(=O)O)ccn2)c1.[N-]=C=S.[N-]=C=S.[Ru+2]. The molecule has 9 aromatic rings. The summed E-state index contributed by atoms with van der Waals surface area (Å²) in [6, 6.07) is 36.9. The predicted octanol–water partition coefficient (Wildman–Crippen LogP) is 17.5. The second kappa shape index (κ2) is 30.6. The van der Waals surface area contributed by atoms with Gasteiger partial charge in [0.25, 0.3) is 0 Å². The van der Waals surface area contributed by atoms with Gasteiger partial charge < -0.3 is 21.0 Å². The van der Waals surface area contributed by atoms with E-state index in [1.807, 2.05) is 75.1 Å². The number of rotatable bonds is 18. The van der Waals surface area contributed by atoms with E-state index in [9.17, 15) is 9.59 Å². The number of carboxylic acid groups (broad SMARTS) is 2. The third-order valence-corrected chi connectivity index (χ3v) is 17.7. The van der Waals surface area contributed by atoms with Gasteiger partial charge in [-0.1, -0.05) is 70.4 Å². The van der Waals surface area contributed by atoms with E-state index in [2.05, 4.69) is 144 Å². The van der Waals surface area contributed by atoms with Crippen molar-refractivity contribution in [3.63, 3.8) is 0 Å². The van der Waals surface area contributed by atoms with Crippen molar-refractivity contribution in [1.29, 1.82) is 0 Å². The Labute approximate surface area is 475 Å². The largest absolute Gasteiger partial charge is 2.00 e. The summed E-state index contributed by atoms with van der Waals surface area (Å²) in [5.74, 6) is -1.50. The summed E-state index contributed by atoms with van der Waals surface area (Å²) in [6.07, 6.45) is 16.6. The molecule has 0 aromatic carbocycles. The Kier molecular flexibility index (Phi) is 24.4. The van der Waals surface area contributed by atoms with Crippen LogP contribution >= 0.6 is 81.1 Å². The molecule has 0 bridgehead atoms. The summed E-state index contributed by atoms with van der Waals surface area (Å²) in [5, 5.41) is 34.6. The van der Waals surface area contributed by atoms with Gasteiger partial charge in [0.1, 0.15) is 0 Å². The van der Waals surface area contributed by atoms with Gasteiger partial charge in [-0.15, -0.1) is 56.7 Å². The zero-order valence-corrected chi connectivity index (χ0v) is 48.0. The number of nitrogens with zero attached hydrogens (tertiary/aromatic N) is 6. The molecule has 0 amide bonds. The molecular weight excluding hydrogens is 1150 g/mol. The van der Waals surface area contributed by atoms with Crippen LogP contribution in [0.2, 0.25) is 0 Å². The number of hydrogen-bond donors (Lipinski definition) is 2. The van der Waals surface area contributed by atoms with E-state index in [0.29, 0.717) is 17.3 Å². The summed E-state index contributed by atoms with van der Waals surface area (Å²) in [5.41, 5.74) is 5.16. The number of thiophene rings is 5. The second-order valence-electron chi connectivity index (χ2n) is 16.5. The number of aromatic carboxylic acids is 2. The van der Waals surface area contributed by atoms with Gasteiger partial charge in [-0.05, 0) is 152 Å². The van der Waals surface area contributed by atoms with Crippen molar-refractivity contribution >= 4 is 103 Å². The van der Waals surface area contributed by atoms with Gasteiger partial charge in [0.2, 0.25) is 0 Å². The van der Waals surface area contributed by atoms with Gasteiger partial charge in [-0.3, -0.25) is 19.9 Å². The van der Waals surface area contributed by atoms with E-state index in [4.69, 9.17) is 21.0 Å². The normalized spacial score (nSPS) is 10.7. The summed E-state index contributed by atoms with van der Waals surface area (Å²) < 4.78 is 0. The molecule has 0 saturated carbocycles. The molecule has 0 aliphatic heterocycles. The third-order valence-electron chi connectivity index (χ3n) is 11.2. The summed E-state index contributed by atoms with van der Waals surface area (Å²) in [6.45, 7) is 6.78. The number of carbonyl (C=O) groups is 2. The average Bonchev–Trinajstić information content (AvgIpc) is 4.27. The molecule has 0 radical (unpaired) electrons. The minimum atomic E-state index is -1.08. The van der Waals surface area contributed by atoms with Crippen molar-refractivity contribution in [1.82, 2.24) is 19.9 Å². The number of carboxylic acids is 2. The molecule has 9 rings (SSSR count). The Balaban J connectivity index is 0.000000337. The van der Waals surface area contributed by atoms with Crippen LogP contribution < -0.4 is 0 Å². The molecule has 0 spiro atoms. The molecule has 10 nitrogen and oxygen atoms in total. The minimum absolute atomic E-state index is 0. The maximum absolute atomic E-state index is 10.8. The number of aryl methyl sites for hydroxylation is 3. The second-order valence-corrected chi connectivity index (χ2v) is 22.4. The zero-order chi connectivity index (χ0) is 52.1. The van der Waals surface area contributed by atoms with E-state index in [0.717, 1.165) is 24.2 Å². The Morgan fingerprint density at radius 3 is 1.43 bits per heavy atom. The third kappa shape index (κ3) is 17.4. The first kappa shape index (κ1) is 59.1. The molecule has 18 heteroatoms. The molecule has 0 fully saturated rings. The first-order chi connectivity index (χ1) is 35.4. The molecule has 9 heterocycles. The van der Waals surface area contributed by atoms with Gasteiger partial charge in [0, 0.05) is 73.6 Å². The average molecular weight is 1200 g/mol. The van der Waals surface area contributed by atoms with E-state index in [1.165, 1.54) is 145 Å². The van der Waals surface area contributed by atoms with Crippen molar-refractivity contribution in [3.8, 4) is 61.8 Å². The molecule has 74 heavy (non-hydrogen) atoms. The minimum Gasteiger partial charge on any atom is -0.753 e. The number of thiocarbonyl (C=S) groups is 2. The van der Waals surface area contributed by atoms with Crippen LogP contribution in [0.3, 0.4) is 0 Å². The van der Waals surface area contributed by atoms with Crippen LogP contribution in [0.4, 0.5) is 0 Å².